The van der Waals surface area contributed by atoms with E-state index < -0.39 is 0 Å². The average Bonchev–Trinajstić information content (AvgIpc) is 3.15. The zero-order valence-corrected chi connectivity index (χ0v) is 13.3. The molecule has 4 heteroatoms. The van der Waals surface area contributed by atoms with Crippen LogP contribution >= 0.6 is 11.3 Å². The molecule has 1 aromatic carbocycles. The quantitative estimate of drug-likeness (QED) is 0.869. The Morgan fingerprint density at radius 2 is 2.05 bits per heavy atom. The Hall–Kier alpha value is -1.52. The predicted octanol–water partition coefficient (Wildman–Crippen LogP) is 4.15. The molecule has 0 spiro atoms. The minimum absolute atomic E-state index is 0.342. The highest BCUT2D eigenvalue weighted by Crippen LogP contribution is 2.32. The molecule has 2 atom stereocenters. The Morgan fingerprint density at radius 3 is 2.86 bits per heavy atom. The lowest BCUT2D eigenvalue weighted by molar-refractivity contribution is 0.174. The summed E-state index contributed by atoms with van der Waals surface area (Å²) in [6, 6.07) is 9.30. The van der Waals surface area contributed by atoms with E-state index in [1.807, 2.05) is 6.07 Å². The van der Waals surface area contributed by atoms with E-state index >= 15 is 0 Å². The SMILES string of the molecule is CC(CCc1ccc2c(c1)OCO2)NC(C)c1ccsc1. The van der Waals surface area contributed by atoms with Gasteiger partial charge in [0.1, 0.15) is 0 Å². The molecule has 112 valence electrons. The largest absolute Gasteiger partial charge is 0.454 e. The van der Waals surface area contributed by atoms with Crippen LogP contribution in [0.3, 0.4) is 0 Å². The number of ether oxygens (including phenoxy) is 2. The van der Waals surface area contributed by atoms with Gasteiger partial charge in [-0.1, -0.05) is 6.07 Å². The summed E-state index contributed by atoms with van der Waals surface area (Å²) in [5, 5.41) is 8.00. The number of thiophene rings is 1. The lowest BCUT2D eigenvalue weighted by Crippen LogP contribution is -2.29. The molecule has 0 amide bonds. The van der Waals surface area contributed by atoms with E-state index in [9.17, 15) is 0 Å². The number of nitrogens with one attached hydrogen (secondary N) is 1. The molecule has 0 bridgehead atoms. The molecule has 1 aromatic heterocycles. The van der Waals surface area contributed by atoms with Gasteiger partial charge in [0.25, 0.3) is 0 Å². The summed E-state index contributed by atoms with van der Waals surface area (Å²) in [5.41, 5.74) is 2.67. The van der Waals surface area contributed by atoms with Crippen molar-refractivity contribution in [3.8, 4) is 11.5 Å². The first-order valence-electron chi connectivity index (χ1n) is 7.39. The second-order valence-electron chi connectivity index (χ2n) is 5.57. The molecule has 1 N–H and O–H groups in total. The van der Waals surface area contributed by atoms with Crippen LogP contribution < -0.4 is 14.8 Å². The first-order valence-corrected chi connectivity index (χ1v) is 8.33. The molecule has 0 saturated heterocycles. The number of benzene rings is 1. The monoisotopic (exact) mass is 303 g/mol. The fraction of sp³-hybridized carbons (Fsp3) is 0.412. The summed E-state index contributed by atoms with van der Waals surface area (Å²) in [6.07, 6.45) is 2.15. The van der Waals surface area contributed by atoms with E-state index in [1.54, 1.807) is 11.3 Å². The van der Waals surface area contributed by atoms with E-state index in [0.29, 0.717) is 18.9 Å². The fourth-order valence-electron chi connectivity index (χ4n) is 2.61. The maximum atomic E-state index is 5.42. The average molecular weight is 303 g/mol. The zero-order valence-electron chi connectivity index (χ0n) is 12.5. The second kappa shape index (κ2) is 6.50. The predicted molar refractivity (Wildman–Crippen MR) is 86.2 cm³/mol. The van der Waals surface area contributed by atoms with Gasteiger partial charge in [0.05, 0.1) is 0 Å². The minimum Gasteiger partial charge on any atom is -0.454 e. The van der Waals surface area contributed by atoms with Crippen LogP contribution in [0.1, 0.15) is 37.4 Å². The third-order valence-electron chi connectivity index (χ3n) is 3.88. The normalized spacial score (nSPS) is 15.9. The first kappa shape index (κ1) is 14.4. The Labute approximate surface area is 129 Å². The number of rotatable bonds is 6. The van der Waals surface area contributed by atoms with Crippen molar-refractivity contribution in [3.05, 3.63) is 46.2 Å². The highest BCUT2D eigenvalue weighted by molar-refractivity contribution is 7.07. The van der Waals surface area contributed by atoms with Crippen molar-refractivity contribution in [1.82, 2.24) is 5.32 Å². The van der Waals surface area contributed by atoms with Crippen LogP contribution in [-0.2, 0) is 6.42 Å². The molecule has 0 aliphatic carbocycles. The number of hydrogen-bond acceptors (Lipinski definition) is 4. The fourth-order valence-corrected chi connectivity index (χ4v) is 3.36. The Balaban J connectivity index is 1.50. The topological polar surface area (TPSA) is 30.5 Å². The van der Waals surface area contributed by atoms with Gasteiger partial charge < -0.3 is 14.8 Å². The zero-order chi connectivity index (χ0) is 14.7. The van der Waals surface area contributed by atoms with Crippen molar-refractivity contribution in [1.29, 1.82) is 0 Å². The number of fused-ring (bicyclic) bond motifs is 1. The van der Waals surface area contributed by atoms with Crippen LogP contribution in [0.15, 0.2) is 35.0 Å². The molecule has 0 saturated carbocycles. The molecule has 0 fully saturated rings. The number of hydrogen-bond donors (Lipinski definition) is 1. The van der Waals surface area contributed by atoms with Gasteiger partial charge in [0.15, 0.2) is 11.5 Å². The minimum atomic E-state index is 0.342. The molecular weight excluding hydrogens is 282 g/mol. The van der Waals surface area contributed by atoms with Crippen molar-refractivity contribution in [3.63, 3.8) is 0 Å². The molecule has 1 aliphatic heterocycles. The summed E-state index contributed by atoms with van der Waals surface area (Å²) in [7, 11) is 0. The molecule has 1 aliphatic rings. The molecule has 3 nitrogen and oxygen atoms in total. The van der Waals surface area contributed by atoms with Crippen molar-refractivity contribution >= 4 is 11.3 Å². The first-order chi connectivity index (χ1) is 10.2. The van der Waals surface area contributed by atoms with Crippen LogP contribution in [0.4, 0.5) is 0 Å². The highest BCUT2D eigenvalue weighted by Gasteiger charge is 2.14. The maximum Gasteiger partial charge on any atom is 0.231 e. The van der Waals surface area contributed by atoms with Gasteiger partial charge in [-0.15, -0.1) is 0 Å². The Kier molecular flexibility index (Phi) is 4.46. The van der Waals surface area contributed by atoms with Crippen molar-refractivity contribution in [2.75, 3.05) is 6.79 Å². The third-order valence-corrected chi connectivity index (χ3v) is 4.58. The smallest absolute Gasteiger partial charge is 0.231 e. The highest BCUT2D eigenvalue weighted by atomic mass is 32.1. The van der Waals surface area contributed by atoms with E-state index in [-0.39, 0.29) is 0 Å². The Bertz CT molecular complexity index is 582. The van der Waals surface area contributed by atoms with Gasteiger partial charge in [0.2, 0.25) is 6.79 Å². The van der Waals surface area contributed by atoms with E-state index in [0.717, 1.165) is 24.3 Å². The van der Waals surface area contributed by atoms with Crippen molar-refractivity contribution < 1.29 is 9.47 Å². The van der Waals surface area contributed by atoms with Crippen LogP contribution in [0.2, 0.25) is 0 Å². The standard InChI is InChI=1S/C17H21NO2S/c1-12(18-13(2)15-7-8-21-10-15)3-4-14-5-6-16-17(9-14)20-11-19-16/h5-10,12-13,18H,3-4,11H2,1-2H3. The summed E-state index contributed by atoms with van der Waals surface area (Å²) >= 11 is 1.75. The third kappa shape index (κ3) is 3.57. The van der Waals surface area contributed by atoms with Gasteiger partial charge in [-0.2, -0.15) is 11.3 Å². The maximum absolute atomic E-state index is 5.42. The van der Waals surface area contributed by atoms with Gasteiger partial charge in [-0.05, 0) is 66.8 Å². The van der Waals surface area contributed by atoms with E-state index in [2.05, 4.69) is 48.1 Å². The Morgan fingerprint density at radius 1 is 1.19 bits per heavy atom. The summed E-state index contributed by atoms with van der Waals surface area (Å²) < 4.78 is 10.8. The van der Waals surface area contributed by atoms with Crippen LogP contribution in [0.25, 0.3) is 0 Å². The lowest BCUT2D eigenvalue weighted by atomic mass is 10.0. The van der Waals surface area contributed by atoms with Crippen LogP contribution in [0, 0.1) is 0 Å². The molecule has 2 heterocycles. The van der Waals surface area contributed by atoms with Crippen LogP contribution in [0.5, 0.6) is 11.5 Å². The van der Waals surface area contributed by atoms with Gasteiger partial charge >= 0.3 is 0 Å². The summed E-state index contributed by atoms with van der Waals surface area (Å²) in [5.74, 6) is 1.73. The molecule has 2 aromatic rings. The van der Waals surface area contributed by atoms with Crippen LogP contribution in [-0.4, -0.2) is 12.8 Å². The van der Waals surface area contributed by atoms with Crippen molar-refractivity contribution in [2.24, 2.45) is 0 Å². The molecule has 21 heavy (non-hydrogen) atoms. The molecule has 3 rings (SSSR count). The van der Waals surface area contributed by atoms with Gasteiger partial charge in [-0.3, -0.25) is 0 Å². The van der Waals surface area contributed by atoms with E-state index in [4.69, 9.17) is 9.47 Å². The van der Waals surface area contributed by atoms with Gasteiger partial charge in [0, 0.05) is 12.1 Å². The van der Waals surface area contributed by atoms with E-state index in [1.165, 1.54) is 11.1 Å². The summed E-state index contributed by atoms with van der Waals surface area (Å²) in [6.45, 7) is 4.81. The second-order valence-corrected chi connectivity index (χ2v) is 6.35. The molecular formula is C17H21NO2S. The lowest BCUT2D eigenvalue weighted by Gasteiger charge is -2.19. The molecule has 0 radical (unpaired) electrons. The summed E-state index contributed by atoms with van der Waals surface area (Å²) in [4.78, 5) is 0. The van der Waals surface area contributed by atoms with Gasteiger partial charge in [-0.25, -0.2) is 0 Å². The molecule has 2 unspecified atom stereocenters. The number of aryl methyl sites for hydroxylation is 1. The van der Waals surface area contributed by atoms with Crippen molar-refractivity contribution in [2.45, 2.75) is 38.8 Å².